The summed E-state index contributed by atoms with van der Waals surface area (Å²) in [6.07, 6.45) is 2.03. The molecule has 0 aliphatic carbocycles. The zero-order valence-electron chi connectivity index (χ0n) is 15.5. The molecule has 1 aliphatic heterocycles. The Hall–Kier alpha value is -3.28. The average Bonchev–Trinajstić information content (AvgIpc) is 3.03. The van der Waals surface area contributed by atoms with Crippen LogP contribution in [-0.2, 0) is 9.53 Å². The van der Waals surface area contributed by atoms with Crippen molar-refractivity contribution in [1.29, 1.82) is 0 Å². The molecule has 0 aromatic heterocycles. The van der Waals surface area contributed by atoms with Gasteiger partial charge in [-0.1, -0.05) is 18.2 Å². The minimum atomic E-state index is -0.494. The lowest BCUT2D eigenvalue weighted by Gasteiger charge is -2.10. The summed E-state index contributed by atoms with van der Waals surface area (Å²) in [7, 11) is 3.17. The number of ether oxygens (including phenoxy) is 4. The number of esters is 1. The quantitative estimate of drug-likeness (QED) is 0.550. The van der Waals surface area contributed by atoms with E-state index in [-0.39, 0.29) is 5.70 Å². The highest BCUT2D eigenvalue weighted by molar-refractivity contribution is 6.07. The molecule has 27 heavy (non-hydrogen) atoms. The predicted molar refractivity (Wildman–Crippen MR) is 102 cm³/mol. The largest absolute Gasteiger partial charge is 0.496 e. The minimum absolute atomic E-state index is 0.217. The Bertz CT molecular complexity index is 887. The van der Waals surface area contributed by atoms with Crippen molar-refractivity contribution < 1.29 is 23.7 Å². The minimum Gasteiger partial charge on any atom is -0.496 e. The molecule has 0 spiro atoms. The molecule has 0 N–H and O–H groups in total. The van der Waals surface area contributed by atoms with Crippen molar-refractivity contribution in [3.05, 3.63) is 59.3 Å². The number of carbonyl (C=O) groups excluding carboxylic acids is 1. The second-order valence-electron chi connectivity index (χ2n) is 5.90. The first-order valence-electron chi connectivity index (χ1n) is 8.52. The second-order valence-corrected chi connectivity index (χ2v) is 5.90. The molecule has 0 saturated carbocycles. The van der Waals surface area contributed by atoms with Gasteiger partial charge in [-0.2, -0.15) is 0 Å². The van der Waals surface area contributed by atoms with Gasteiger partial charge in [-0.25, -0.2) is 9.79 Å². The van der Waals surface area contributed by atoms with E-state index in [1.807, 2.05) is 43.3 Å². The van der Waals surface area contributed by atoms with Crippen molar-refractivity contribution in [2.75, 3.05) is 20.8 Å². The fourth-order valence-corrected chi connectivity index (χ4v) is 2.67. The maximum atomic E-state index is 12.1. The van der Waals surface area contributed by atoms with Crippen molar-refractivity contribution in [2.24, 2.45) is 4.99 Å². The van der Waals surface area contributed by atoms with Crippen LogP contribution in [0.3, 0.4) is 0 Å². The molecule has 0 radical (unpaired) electrons. The van der Waals surface area contributed by atoms with E-state index in [1.165, 1.54) is 0 Å². The molecule has 0 unspecified atom stereocenters. The van der Waals surface area contributed by atoms with E-state index in [9.17, 15) is 4.79 Å². The molecule has 6 nitrogen and oxygen atoms in total. The Morgan fingerprint density at radius 3 is 2.52 bits per heavy atom. The Balaban J connectivity index is 1.73. The number of cyclic esters (lactones) is 1. The van der Waals surface area contributed by atoms with Gasteiger partial charge in [-0.3, -0.25) is 0 Å². The van der Waals surface area contributed by atoms with E-state index in [0.717, 1.165) is 11.3 Å². The Morgan fingerprint density at radius 1 is 1.07 bits per heavy atom. The highest BCUT2D eigenvalue weighted by Crippen LogP contribution is 2.31. The SMILES string of the molecule is COc1cc(/C=C2/N=C(CCOc3ccccc3)OC2=O)c(OC)cc1C. The highest BCUT2D eigenvalue weighted by atomic mass is 16.6. The summed E-state index contributed by atoms with van der Waals surface area (Å²) in [5.41, 5.74) is 1.85. The number of carbonyl (C=O) groups is 1. The number of aliphatic imine (C=N–C) groups is 1. The summed E-state index contributed by atoms with van der Waals surface area (Å²) in [6.45, 7) is 2.29. The van der Waals surface area contributed by atoms with Gasteiger partial charge in [-0.15, -0.1) is 0 Å². The number of aryl methyl sites for hydroxylation is 1. The molecule has 1 heterocycles. The van der Waals surface area contributed by atoms with E-state index in [1.54, 1.807) is 26.4 Å². The van der Waals surface area contributed by atoms with E-state index >= 15 is 0 Å². The van der Waals surface area contributed by atoms with Crippen LogP contribution in [0.25, 0.3) is 6.08 Å². The monoisotopic (exact) mass is 367 g/mol. The van der Waals surface area contributed by atoms with Crippen molar-refractivity contribution in [3.8, 4) is 17.2 Å². The van der Waals surface area contributed by atoms with E-state index in [2.05, 4.69) is 4.99 Å². The highest BCUT2D eigenvalue weighted by Gasteiger charge is 2.23. The summed E-state index contributed by atoms with van der Waals surface area (Å²) >= 11 is 0. The van der Waals surface area contributed by atoms with Crippen molar-refractivity contribution in [2.45, 2.75) is 13.3 Å². The molecule has 2 aromatic rings. The molecule has 0 amide bonds. The summed E-state index contributed by atoms with van der Waals surface area (Å²) in [4.78, 5) is 16.4. The third-order valence-corrected chi connectivity index (χ3v) is 4.03. The van der Waals surface area contributed by atoms with Gasteiger partial charge in [0.15, 0.2) is 5.70 Å². The van der Waals surface area contributed by atoms with Crippen LogP contribution in [0, 0.1) is 6.92 Å². The molecule has 2 aromatic carbocycles. The molecule has 3 rings (SSSR count). The molecule has 6 heteroatoms. The topological polar surface area (TPSA) is 66.3 Å². The maximum Gasteiger partial charge on any atom is 0.363 e. The third kappa shape index (κ3) is 4.47. The molecule has 0 saturated heterocycles. The van der Waals surface area contributed by atoms with Crippen LogP contribution in [0.1, 0.15) is 17.5 Å². The zero-order valence-corrected chi connectivity index (χ0v) is 15.5. The van der Waals surface area contributed by atoms with Crippen LogP contribution in [0.4, 0.5) is 0 Å². The van der Waals surface area contributed by atoms with Crippen LogP contribution in [0.2, 0.25) is 0 Å². The lowest BCUT2D eigenvalue weighted by Crippen LogP contribution is -2.08. The zero-order chi connectivity index (χ0) is 19.2. The Labute approximate surface area is 158 Å². The van der Waals surface area contributed by atoms with E-state index < -0.39 is 5.97 Å². The van der Waals surface area contributed by atoms with Gasteiger partial charge in [0.05, 0.1) is 27.2 Å². The van der Waals surface area contributed by atoms with Crippen LogP contribution in [0.15, 0.2) is 53.2 Å². The predicted octanol–water partition coefficient (Wildman–Crippen LogP) is 3.78. The van der Waals surface area contributed by atoms with Crippen LogP contribution >= 0.6 is 0 Å². The van der Waals surface area contributed by atoms with Gasteiger partial charge in [-0.05, 0) is 42.8 Å². The molecule has 0 fully saturated rings. The van der Waals surface area contributed by atoms with Crippen LogP contribution in [0.5, 0.6) is 17.2 Å². The molecule has 0 atom stereocenters. The molecular formula is C21H21NO5. The van der Waals surface area contributed by atoms with Gasteiger partial charge < -0.3 is 18.9 Å². The van der Waals surface area contributed by atoms with Gasteiger partial charge in [0.1, 0.15) is 17.2 Å². The number of benzene rings is 2. The van der Waals surface area contributed by atoms with E-state index in [4.69, 9.17) is 18.9 Å². The standard InChI is InChI=1S/C21H21NO5/c1-14-11-19(25-3)15(13-18(14)24-2)12-17-21(23)27-20(22-17)9-10-26-16-7-5-4-6-8-16/h4-8,11-13H,9-10H2,1-3H3/b17-12+. The smallest absolute Gasteiger partial charge is 0.363 e. The summed E-state index contributed by atoms with van der Waals surface area (Å²) < 4.78 is 21.6. The normalized spacial score (nSPS) is 14.7. The number of rotatable bonds is 7. The molecule has 1 aliphatic rings. The van der Waals surface area contributed by atoms with Gasteiger partial charge in [0.2, 0.25) is 5.90 Å². The average molecular weight is 367 g/mol. The van der Waals surface area contributed by atoms with Crippen molar-refractivity contribution in [3.63, 3.8) is 0 Å². The number of methoxy groups -OCH3 is 2. The number of nitrogens with zero attached hydrogens (tertiary/aromatic N) is 1. The summed E-state index contributed by atoms with van der Waals surface area (Å²) in [6, 6.07) is 13.1. The van der Waals surface area contributed by atoms with Gasteiger partial charge >= 0.3 is 5.97 Å². The fourth-order valence-electron chi connectivity index (χ4n) is 2.67. The van der Waals surface area contributed by atoms with Crippen LogP contribution in [-0.4, -0.2) is 32.7 Å². The first-order chi connectivity index (χ1) is 13.1. The van der Waals surface area contributed by atoms with Gasteiger partial charge in [0.25, 0.3) is 0 Å². The Morgan fingerprint density at radius 2 is 1.81 bits per heavy atom. The Kier molecular flexibility index (Phi) is 5.76. The number of hydrogen-bond donors (Lipinski definition) is 0. The summed E-state index contributed by atoms with van der Waals surface area (Å²) in [5.74, 6) is 1.93. The van der Waals surface area contributed by atoms with Crippen molar-refractivity contribution in [1.82, 2.24) is 0 Å². The lowest BCUT2D eigenvalue weighted by atomic mass is 10.1. The fraction of sp³-hybridized carbons (Fsp3) is 0.238. The molecular weight excluding hydrogens is 346 g/mol. The third-order valence-electron chi connectivity index (χ3n) is 4.03. The molecule has 140 valence electrons. The van der Waals surface area contributed by atoms with Crippen LogP contribution < -0.4 is 14.2 Å². The van der Waals surface area contributed by atoms with E-state index in [0.29, 0.717) is 36.0 Å². The number of para-hydroxylation sites is 1. The molecule has 0 bridgehead atoms. The first-order valence-corrected chi connectivity index (χ1v) is 8.52. The maximum absolute atomic E-state index is 12.1. The first kappa shape index (κ1) is 18.5. The van der Waals surface area contributed by atoms with Crippen molar-refractivity contribution >= 4 is 17.9 Å². The van der Waals surface area contributed by atoms with Gasteiger partial charge in [0, 0.05) is 5.56 Å². The lowest BCUT2D eigenvalue weighted by molar-refractivity contribution is -0.130. The number of hydrogen-bond acceptors (Lipinski definition) is 6. The second kappa shape index (κ2) is 8.40. The summed E-state index contributed by atoms with van der Waals surface area (Å²) in [5, 5.41) is 0.